The number of anilines is 1. The molecule has 6 heteroatoms. The molecule has 1 unspecified atom stereocenters. The van der Waals surface area contributed by atoms with Crippen molar-refractivity contribution in [1.29, 1.82) is 0 Å². The van der Waals surface area contributed by atoms with E-state index in [2.05, 4.69) is 27.3 Å². The minimum absolute atomic E-state index is 0.294. The average Bonchev–Trinajstić information content (AvgIpc) is 2.40. The van der Waals surface area contributed by atoms with Gasteiger partial charge < -0.3 is 16.0 Å². The highest BCUT2D eigenvalue weighted by atomic mass is 32.1. The van der Waals surface area contributed by atoms with Gasteiger partial charge in [0.1, 0.15) is 4.99 Å². The van der Waals surface area contributed by atoms with Crippen molar-refractivity contribution >= 4 is 23.0 Å². The molecule has 0 saturated carbocycles. The van der Waals surface area contributed by atoms with Crippen LogP contribution >= 0.6 is 12.2 Å². The Bertz CT molecular complexity index is 431. The molecule has 1 fully saturated rings. The molecule has 1 atom stereocenters. The summed E-state index contributed by atoms with van der Waals surface area (Å²) in [6, 6.07) is 2.09. The zero-order valence-corrected chi connectivity index (χ0v) is 12.1. The molecule has 0 spiro atoms. The van der Waals surface area contributed by atoms with Crippen LogP contribution in [0.25, 0.3) is 0 Å². The van der Waals surface area contributed by atoms with Crippen LogP contribution in [0.3, 0.4) is 0 Å². The number of likely N-dealkylation sites (tertiary alicyclic amines) is 1. The number of nitrogens with one attached hydrogen (secondary N) is 1. The summed E-state index contributed by atoms with van der Waals surface area (Å²) in [4.78, 5) is 2.83. The van der Waals surface area contributed by atoms with E-state index in [0.717, 1.165) is 12.1 Å². The number of rotatable bonds is 5. The first kappa shape index (κ1) is 14.1. The molecule has 0 amide bonds. The maximum atomic E-state index is 5.69. The number of aromatic nitrogens is 2. The number of hydrogen-bond acceptors (Lipinski definition) is 5. The van der Waals surface area contributed by atoms with Gasteiger partial charge in [0, 0.05) is 12.6 Å². The lowest BCUT2D eigenvalue weighted by Crippen LogP contribution is -2.38. The summed E-state index contributed by atoms with van der Waals surface area (Å²) in [6.45, 7) is 5.53. The Morgan fingerprint density at radius 3 is 2.89 bits per heavy atom. The lowest BCUT2D eigenvalue weighted by atomic mass is 10.1. The molecule has 1 aliphatic heterocycles. The van der Waals surface area contributed by atoms with E-state index in [1.165, 1.54) is 32.4 Å². The van der Waals surface area contributed by atoms with Crippen molar-refractivity contribution in [1.82, 2.24) is 15.1 Å². The smallest absolute Gasteiger partial charge is 0.159 e. The molecular weight excluding hydrogens is 258 g/mol. The Balaban J connectivity index is 1.94. The number of hydrogen-bond donors (Lipinski definition) is 2. The topological polar surface area (TPSA) is 67.1 Å². The Hall–Kier alpha value is -1.27. The number of thiocarbonyl (C=S) groups is 1. The van der Waals surface area contributed by atoms with E-state index < -0.39 is 0 Å². The molecule has 1 aliphatic rings. The summed E-state index contributed by atoms with van der Waals surface area (Å²) >= 11 is 5.02. The summed E-state index contributed by atoms with van der Waals surface area (Å²) in [5.74, 6) is 0.680. The second-order valence-corrected chi connectivity index (χ2v) is 5.50. The maximum Gasteiger partial charge on any atom is 0.159 e. The first-order valence-corrected chi connectivity index (χ1v) is 7.18. The summed E-state index contributed by atoms with van der Waals surface area (Å²) < 4.78 is 0. The summed E-state index contributed by atoms with van der Waals surface area (Å²) in [6.07, 6.45) is 5.56. The number of piperidine rings is 1. The normalized spacial score (nSPS) is 17.9. The van der Waals surface area contributed by atoms with Crippen molar-refractivity contribution in [3.8, 4) is 0 Å². The predicted octanol–water partition coefficient (Wildman–Crippen LogP) is 1.40. The lowest BCUT2D eigenvalue weighted by molar-refractivity contribution is 0.223. The van der Waals surface area contributed by atoms with Crippen LogP contribution in [0.1, 0.15) is 31.7 Å². The molecule has 0 bridgehead atoms. The van der Waals surface area contributed by atoms with Crippen LogP contribution < -0.4 is 11.1 Å². The van der Waals surface area contributed by atoms with Crippen molar-refractivity contribution in [2.75, 3.05) is 25.0 Å². The Kier molecular flexibility index (Phi) is 5.04. The van der Waals surface area contributed by atoms with Gasteiger partial charge in [-0.2, -0.15) is 5.10 Å². The van der Waals surface area contributed by atoms with E-state index in [1.54, 1.807) is 12.3 Å². The first-order valence-electron chi connectivity index (χ1n) is 6.77. The molecule has 1 aromatic rings. The second kappa shape index (κ2) is 6.77. The van der Waals surface area contributed by atoms with Crippen molar-refractivity contribution < 1.29 is 0 Å². The minimum atomic E-state index is 0.294. The molecular formula is C13H21N5S. The quantitative estimate of drug-likeness (QED) is 0.794. The average molecular weight is 279 g/mol. The highest BCUT2D eigenvalue weighted by Gasteiger charge is 2.15. The minimum Gasteiger partial charge on any atom is -0.389 e. The second-order valence-electron chi connectivity index (χ2n) is 5.06. The van der Waals surface area contributed by atoms with E-state index in [4.69, 9.17) is 18.0 Å². The van der Waals surface area contributed by atoms with Crippen molar-refractivity contribution in [3.05, 3.63) is 17.8 Å². The van der Waals surface area contributed by atoms with E-state index in [9.17, 15) is 0 Å². The van der Waals surface area contributed by atoms with Gasteiger partial charge in [0.2, 0.25) is 0 Å². The number of nitrogens with zero attached hydrogens (tertiary/aromatic N) is 3. The van der Waals surface area contributed by atoms with Gasteiger partial charge in [-0.05, 0) is 38.9 Å². The zero-order chi connectivity index (χ0) is 13.7. The molecule has 19 heavy (non-hydrogen) atoms. The van der Waals surface area contributed by atoms with Crippen LogP contribution in [0.4, 0.5) is 5.82 Å². The number of nitrogens with two attached hydrogens (primary N) is 1. The van der Waals surface area contributed by atoms with Gasteiger partial charge in [-0.15, -0.1) is 5.10 Å². The summed E-state index contributed by atoms with van der Waals surface area (Å²) in [5, 5.41) is 11.3. The van der Waals surface area contributed by atoms with Crippen LogP contribution in [0.15, 0.2) is 12.3 Å². The molecule has 0 aromatic carbocycles. The molecule has 2 heterocycles. The first-order chi connectivity index (χ1) is 9.16. The van der Waals surface area contributed by atoms with Gasteiger partial charge in [-0.25, -0.2) is 0 Å². The molecule has 1 aromatic heterocycles. The van der Waals surface area contributed by atoms with Gasteiger partial charge in [0.25, 0.3) is 0 Å². The third-order valence-corrected chi connectivity index (χ3v) is 3.57. The summed E-state index contributed by atoms with van der Waals surface area (Å²) in [7, 11) is 0. The fraction of sp³-hybridized carbons (Fsp3) is 0.615. The Morgan fingerprint density at radius 2 is 2.21 bits per heavy atom. The van der Waals surface area contributed by atoms with Crippen LogP contribution in [0, 0.1) is 0 Å². The van der Waals surface area contributed by atoms with Gasteiger partial charge in [-0.3, -0.25) is 0 Å². The SMILES string of the molecule is CC(CN1CCCCC1)Nc1nnccc1C(N)=S. The van der Waals surface area contributed by atoms with E-state index >= 15 is 0 Å². The standard InChI is InChI=1S/C13H21N5S/c1-10(9-18-7-3-2-4-8-18)16-13-11(12(14)19)5-6-15-17-13/h5-6,10H,2-4,7-9H2,1H3,(H2,14,19)(H,16,17). The lowest BCUT2D eigenvalue weighted by Gasteiger charge is -2.29. The van der Waals surface area contributed by atoms with E-state index in [0.29, 0.717) is 16.8 Å². The zero-order valence-electron chi connectivity index (χ0n) is 11.3. The molecule has 2 rings (SSSR count). The molecule has 1 saturated heterocycles. The summed E-state index contributed by atoms with van der Waals surface area (Å²) in [5.41, 5.74) is 6.45. The van der Waals surface area contributed by atoms with E-state index in [1.807, 2.05) is 0 Å². The highest BCUT2D eigenvalue weighted by Crippen LogP contribution is 2.13. The molecule has 3 N–H and O–H groups in total. The Morgan fingerprint density at radius 1 is 1.47 bits per heavy atom. The predicted molar refractivity (Wildman–Crippen MR) is 81.3 cm³/mol. The van der Waals surface area contributed by atoms with Crippen molar-refractivity contribution in [2.45, 2.75) is 32.2 Å². The van der Waals surface area contributed by atoms with Crippen molar-refractivity contribution in [3.63, 3.8) is 0 Å². The Labute approximate surface area is 119 Å². The largest absolute Gasteiger partial charge is 0.389 e. The van der Waals surface area contributed by atoms with Gasteiger partial charge >= 0.3 is 0 Å². The van der Waals surface area contributed by atoms with Crippen LogP contribution in [0.2, 0.25) is 0 Å². The molecule has 5 nitrogen and oxygen atoms in total. The van der Waals surface area contributed by atoms with Crippen LogP contribution in [0.5, 0.6) is 0 Å². The fourth-order valence-electron chi connectivity index (χ4n) is 2.45. The van der Waals surface area contributed by atoms with Gasteiger partial charge in [-0.1, -0.05) is 18.6 Å². The third kappa shape index (κ3) is 4.11. The molecule has 0 aliphatic carbocycles. The molecule has 0 radical (unpaired) electrons. The van der Waals surface area contributed by atoms with Crippen molar-refractivity contribution in [2.24, 2.45) is 5.73 Å². The van der Waals surface area contributed by atoms with Crippen LogP contribution in [-0.2, 0) is 0 Å². The van der Waals surface area contributed by atoms with E-state index in [-0.39, 0.29) is 0 Å². The van der Waals surface area contributed by atoms with Gasteiger partial charge in [0.15, 0.2) is 5.82 Å². The fourth-order valence-corrected chi connectivity index (χ4v) is 2.61. The monoisotopic (exact) mass is 279 g/mol. The third-order valence-electron chi connectivity index (χ3n) is 3.35. The highest BCUT2D eigenvalue weighted by molar-refractivity contribution is 7.80. The van der Waals surface area contributed by atoms with Crippen LogP contribution in [-0.4, -0.2) is 45.8 Å². The molecule has 104 valence electrons. The van der Waals surface area contributed by atoms with Gasteiger partial charge in [0.05, 0.1) is 11.8 Å². The maximum absolute atomic E-state index is 5.69.